The van der Waals surface area contributed by atoms with E-state index < -0.39 is 24.3 Å². The van der Waals surface area contributed by atoms with E-state index in [-0.39, 0.29) is 19.1 Å². The number of rotatable bonds is 5. The van der Waals surface area contributed by atoms with E-state index in [1.54, 1.807) is 11.0 Å². The van der Waals surface area contributed by atoms with Crippen LogP contribution in [0.1, 0.15) is 19.3 Å². The van der Waals surface area contributed by atoms with Crippen LogP contribution in [-0.2, 0) is 4.74 Å². The molecule has 2 aromatic heterocycles. The van der Waals surface area contributed by atoms with Crippen molar-refractivity contribution in [1.29, 1.82) is 0 Å². The smallest absolute Gasteiger partial charge is 0.413 e. The van der Waals surface area contributed by atoms with Crippen LogP contribution in [0.5, 0.6) is 0 Å². The molecule has 4 heterocycles. The van der Waals surface area contributed by atoms with Crippen molar-refractivity contribution >= 4 is 52.0 Å². The number of fused-ring (bicyclic) bond motifs is 2. The normalized spacial score (nSPS) is 27.5. The zero-order valence-electron chi connectivity index (χ0n) is 19.0. The Morgan fingerprint density at radius 3 is 2.91 bits per heavy atom. The van der Waals surface area contributed by atoms with Crippen molar-refractivity contribution in [2.45, 2.75) is 43.6 Å². The molecule has 2 aliphatic heterocycles. The Kier molecular flexibility index (Phi) is 6.89. The first kappa shape index (κ1) is 23.9. The van der Waals surface area contributed by atoms with Crippen LogP contribution in [0.25, 0.3) is 0 Å². The minimum absolute atomic E-state index is 0.0889. The molecule has 0 radical (unpaired) electrons. The number of anilines is 3. The van der Waals surface area contributed by atoms with Gasteiger partial charge in [-0.2, -0.15) is 4.98 Å². The van der Waals surface area contributed by atoms with Crippen molar-refractivity contribution in [3.05, 3.63) is 22.8 Å². The first-order chi connectivity index (χ1) is 16.9. The van der Waals surface area contributed by atoms with E-state index in [1.807, 2.05) is 0 Å². The van der Waals surface area contributed by atoms with Crippen molar-refractivity contribution < 1.29 is 18.7 Å². The van der Waals surface area contributed by atoms with E-state index in [0.717, 1.165) is 30.7 Å². The summed E-state index contributed by atoms with van der Waals surface area (Å²) in [5.74, 6) is 0.990. The lowest BCUT2D eigenvalue weighted by Crippen LogP contribution is -2.55. The third-order valence-electron chi connectivity index (χ3n) is 6.72. The van der Waals surface area contributed by atoms with Crippen LogP contribution in [0.4, 0.5) is 30.9 Å². The van der Waals surface area contributed by atoms with Gasteiger partial charge in [0.2, 0.25) is 5.95 Å². The molecule has 3 N–H and O–H groups in total. The number of alkyl halides is 1. The predicted molar refractivity (Wildman–Crippen MR) is 130 cm³/mol. The molecule has 35 heavy (non-hydrogen) atoms. The minimum atomic E-state index is -1.21. The summed E-state index contributed by atoms with van der Waals surface area (Å²) < 4.78 is 20.8. The van der Waals surface area contributed by atoms with Gasteiger partial charge in [0.05, 0.1) is 12.2 Å². The Labute approximate surface area is 210 Å². The molecule has 1 saturated carbocycles. The molecule has 11 nitrogen and oxygen atoms in total. The number of likely N-dealkylation sites (N-methyl/N-ethyl adjacent to an activating group) is 1. The Morgan fingerprint density at radius 1 is 1.34 bits per heavy atom. The van der Waals surface area contributed by atoms with Crippen LogP contribution in [0.15, 0.2) is 18.5 Å². The number of nitrogens with zero attached hydrogens (tertiary/aromatic N) is 5. The summed E-state index contributed by atoms with van der Waals surface area (Å²) in [6.45, 7) is 1.44. The van der Waals surface area contributed by atoms with E-state index >= 15 is 0 Å². The fourth-order valence-corrected chi connectivity index (χ4v) is 5.67. The quantitative estimate of drug-likeness (QED) is 0.545. The van der Waals surface area contributed by atoms with Crippen molar-refractivity contribution in [2.75, 3.05) is 42.2 Å². The highest BCUT2D eigenvalue weighted by Crippen LogP contribution is 2.33. The largest absolute Gasteiger partial charge is 0.446 e. The third-order valence-corrected chi connectivity index (χ3v) is 7.75. The average Bonchev–Trinajstić information content (AvgIpc) is 3.56. The second kappa shape index (κ2) is 10.1. The van der Waals surface area contributed by atoms with Gasteiger partial charge < -0.3 is 19.9 Å². The van der Waals surface area contributed by atoms with Crippen LogP contribution in [-0.4, -0.2) is 83.0 Å². The van der Waals surface area contributed by atoms with Gasteiger partial charge in [0.25, 0.3) is 0 Å². The maximum absolute atomic E-state index is 14.8. The summed E-state index contributed by atoms with van der Waals surface area (Å²) >= 11 is 6.98. The van der Waals surface area contributed by atoms with Gasteiger partial charge in [-0.25, -0.2) is 23.9 Å². The number of piperidine rings is 2. The lowest BCUT2D eigenvalue weighted by Gasteiger charge is -2.39. The van der Waals surface area contributed by atoms with Gasteiger partial charge in [-0.1, -0.05) is 22.9 Å². The van der Waals surface area contributed by atoms with E-state index in [0.29, 0.717) is 39.7 Å². The molecule has 2 saturated heterocycles. The lowest BCUT2D eigenvalue weighted by molar-refractivity contribution is 0.0800. The monoisotopic (exact) mass is 524 g/mol. The van der Waals surface area contributed by atoms with Gasteiger partial charge in [-0.15, -0.1) is 0 Å². The lowest BCUT2D eigenvalue weighted by atomic mass is 10.0. The van der Waals surface area contributed by atoms with Crippen molar-refractivity contribution in [3.63, 3.8) is 0 Å². The molecule has 0 spiro atoms. The van der Waals surface area contributed by atoms with Gasteiger partial charge >= 0.3 is 12.1 Å². The Bertz CT molecular complexity index is 1090. The van der Waals surface area contributed by atoms with E-state index in [1.165, 1.54) is 24.3 Å². The van der Waals surface area contributed by atoms with E-state index in [2.05, 4.69) is 30.9 Å². The van der Waals surface area contributed by atoms with E-state index in [9.17, 15) is 14.0 Å². The maximum Gasteiger partial charge on any atom is 0.413 e. The molecule has 188 valence electrons. The summed E-state index contributed by atoms with van der Waals surface area (Å²) in [5.41, 5.74) is 0. The Morgan fingerprint density at radius 2 is 2.20 bits per heavy atom. The highest BCUT2D eigenvalue weighted by molar-refractivity contribution is 7.19. The average molecular weight is 525 g/mol. The molecule has 14 heteroatoms. The Hall–Kier alpha value is -2.77. The van der Waals surface area contributed by atoms with E-state index in [4.69, 9.17) is 16.3 Å². The van der Waals surface area contributed by atoms with Gasteiger partial charge in [-0.3, -0.25) is 10.6 Å². The summed E-state index contributed by atoms with van der Waals surface area (Å²) in [4.78, 5) is 40.8. The van der Waals surface area contributed by atoms with Crippen LogP contribution in [0.3, 0.4) is 0 Å². The molecule has 2 aromatic rings. The maximum atomic E-state index is 14.8. The van der Waals surface area contributed by atoms with Crippen LogP contribution in [0, 0.1) is 5.92 Å². The molecular formula is C21H26ClFN8O3S. The zero-order valence-corrected chi connectivity index (χ0v) is 20.6. The first-order valence-electron chi connectivity index (χ1n) is 11.4. The number of thiazole rings is 1. The molecular weight excluding hydrogens is 499 g/mol. The fraction of sp³-hybridized carbons (Fsp3) is 0.571. The highest BCUT2D eigenvalue weighted by atomic mass is 35.5. The number of hydrogen-bond donors (Lipinski definition) is 3. The van der Waals surface area contributed by atoms with Gasteiger partial charge in [0, 0.05) is 51.3 Å². The minimum Gasteiger partial charge on any atom is -0.446 e. The number of carbonyl (C=O) groups is 2. The molecule has 3 aliphatic rings. The summed E-state index contributed by atoms with van der Waals surface area (Å²) in [5, 5.41) is 9.03. The summed E-state index contributed by atoms with van der Waals surface area (Å²) in [7, 11) is 1.53. The molecule has 0 aromatic carbocycles. The molecule has 3 amide bonds. The second-order valence-electron chi connectivity index (χ2n) is 8.98. The highest BCUT2D eigenvalue weighted by Gasteiger charge is 2.41. The van der Waals surface area contributed by atoms with Crippen molar-refractivity contribution in [1.82, 2.24) is 25.2 Å². The second-order valence-corrected chi connectivity index (χ2v) is 10.6. The number of nitrogens with one attached hydrogen (secondary N) is 3. The number of ether oxygens (including phenoxy) is 1. The number of halogens is 2. The Balaban J connectivity index is 1.19. The zero-order chi connectivity index (χ0) is 24.5. The first-order valence-corrected chi connectivity index (χ1v) is 12.6. The van der Waals surface area contributed by atoms with Crippen LogP contribution in [0.2, 0.25) is 4.34 Å². The third kappa shape index (κ3) is 5.41. The molecule has 5 rings (SSSR count). The topological polar surface area (TPSA) is 125 Å². The van der Waals surface area contributed by atoms with Crippen molar-refractivity contribution in [3.8, 4) is 0 Å². The molecule has 0 unspecified atom stereocenters. The predicted octanol–water partition coefficient (Wildman–Crippen LogP) is 2.97. The standard InChI is InChI=1S/C21H26ClFN8O3S/c1-30(20(32)29-19-26-9-16(22)35-19)14-10-31(5-3-13(14)23)18-24-4-2-17(27-18)28-21(33)34-15-7-12-6-11(15)8-25-12/h2,4,9,11-15,25H,3,5-8,10H2,1H3,(H,26,29,32)(H,24,27,28,33)/t11-,12-,13-,14+,15+/m1/s1. The number of hydrogen-bond acceptors (Lipinski definition) is 9. The molecule has 5 atom stereocenters. The van der Waals surface area contributed by atoms with Crippen LogP contribution < -0.4 is 20.9 Å². The number of amides is 3. The van der Waals surface area contributed by atoms with Gasteiger partial charge in [0.1, 0.15) is 22.4 Å². The molecule has 2 bridgehead atoms. The number of carbonyl (C=O) groups excluding carboxylic acids is 2. The SMILES string of the molecule is CN(C(=O)Nc1ncc(Cl)s1)[C@H]1CN(c2nccc(NC(=O)O[C@H]3C[C@H]4C[C@@H]3CN4)n2)CC[C@H]1F. The van der Waals surface area contributed by atoms with Crippen LogP contribution >= 0.6 is 22.9 Å². The van der Waals surface area contributed by atoms with Gasteiger partial charge in [-0.05, 0) is 18.9 Å². The summed E-state index contributed by atoms with van der Waals surface area (Å²) in [6, 6.07) is 0.788. The van der Waals surface area contributed by atoms with Crippen molar-refractivity contribution in [2.24, 2.45) is 5.92 Å². The molecule has 1 aliphatic carbocycles. The fourth-order valence-electron chi connectivity index (χ4n) is 4.86. The summed E-state index contributed by atoms with van der Waals surface area (Å²) in [6.07, 6.45) is 3.17. The number of urea groups is 1. The molecule has 3 fully saturated rings. The number of aromatic nitrogens is 3. The van der Waals surface area contributed by atoms with Gasteiger partial charge in [0.15, 0.2) is 5.13 Å².